The molecule has 0 saturated heterocycles. The summed E-state index contributed by atoms with van der Waals surface area (Å²) < 4.78 is 12.2. The Hall–Kier alpha value is -1.95. The lowest BCUT2D eigenvalue weighted by Crippen LogP contribution is -2.01. The molecule has 7 heteroatoms. The van der Waals surface area contributed by atoms with E-state index in [2.05, 4.69) is 26.2 Å². The fourth-order valence-electron chi connectivity index (χ4n) is 2.29. The van der Waals surface area contributed by atoms with Gasteiger partial charge in [0.1, 0.15) is 5.75 Å². The lowest BCUT2D eigenvalue weighted by Gasteiger charge is -2.14. The normalized spacial score (nSPS) is 10.5. The Morgan fingerprint density at radius 2 is 1.77 bits per heavy atom. The first-order valence-corrected chi connectivity index (χ1v) is 9.24. The lowest BCUT2D eigenvalue weighted by molar-refractivity contribution is 0.377. The zero-order valence-corrected chi connectivity index (χ0v) is 16.9. The summed E-state index contributed by atoms with van der Waals surface area (Å²) in [6.07, 6.45) is 3.14. The molecule has 3 aromatic rings. The van der Waals surface area contributed by atoms with Gasteiger partial charge in [0, 0.05) is 34.0 Å². The van der Waals surface area contributed by atoms with Gasteiger partial charge in [-0.1, -0.05) is 39.1 Å². The van der Waals surface area contributed by atoms with Crippen molar-refractivity contribution in [2.24, 2.45) is 0 Å². The van der Waals surface area contributed by atoms with Gasteiger partial charge < -0.3 is 14.8 Å². The van der Waals surface area contributed by atoms with Gasteiger partial charge in [0.25, 0.3) is 0 Å². The van der Waals surface area contributed by atoms with E-state index in [4.69, 9.17) is 32.7 Å². The Labute approximate surface area is 170 Å². The zero-order chi connectivity index (χ0) is 18.5. The smallest absolute Gasteiger partial charge is 0.170 e. The number of halogens is 3. The predicted octanol–water partition coefficient (Wildman–Crippen LogP) is 6.56. The maximum Gasteiger partial charge on any atom is 0.170 e. The van der Waals surface area contributed by atoms with Crippen LogP contribution in [-0.4, -0.2) is 12.1 Å². The summed E-state index contributed by atoms with van der Waals surface area (Å²) in [5.74, 6) is 1.72. The number of nitrogens with one attached hydrogen (secondary N) is 1. The number of methoxy groups -OCH3 is 1. The van der Waals surface area contributed by atoms with E-state index in [1.807, 2.05) is 36.4 Å². The summed E-state index contributed by atoms with van der Waals surface area (Å²) in [5, 5.41) is 4.55. The highest BCUT2D eigenvalue weighted by Crippen LogP contribution is 2.37. The molecule has 0 atom stereocenters. The summed E-state index contributed by atoms with van der Waals surface area (Å²) in [7, 11) is 1.60. The van der Waals surface area contributed by atoms with Crippen molar-refractivity contribution < 1.29 is 9.47 Å². The summed E-state index contributed by atoms with van der Waals surface area (Å²) in [4.78, 5) is 4.02. The Balaban J connectivity index is 1.79. The molecule has 0 amide bonds. The van der Waals surface area contributed by atoms with Crippen molar-refractivity contribution in [1.29, 1.82) is 0 Å². The van der Waals surface area contributed by atoms with E-state index in [1.54, 1.807) is 25.6 Å². The first kappa shape index (κ1) is 18.8. The van der Waals surface area contributed by atoms with Gasteiger partial charge >= 0.3 is 0 Å². The highest BCUT2D eigenvalue weighted by atomic mass is 79.9. The molecule has 1 N–H and O–H groups in total. The number of aromatic nitrogens is 1. The van der Waals surface area contributed by atoms with Gasteiger partial charge in [-0.25, -0.2) is 0 Å². The number of ether oxygens (including phenoxy) is 2. The van der Waals surface area contributed by atoms with Crippen LogP contribution >= 0.6 is 39.1 Å². The number of hydrogen-bond donors (Lipinski definition) is 1. The topological polar surface area (TPSA) is 43.4 Å². The average Bonchev–Trinajstić information content (AvgIpc) is 2.62. The summed E-state index contributed by atoms with van der Waals surface area (Å²) >= 11 is 15.4. The molecule has 0 unspecified atom stereocenters. The van der Waals surface area contributed by atoms with E-state index >= 15 is 0 Å². The second-order valence-electron chi connectivity index (χ2n) is 5.40. The lowest BCUT2D eigenvalue weighted by atomic mass is 10.2. The summed E-state index contributed by atoms with van der Waals surface area (Å²) in [5.41, 5.74) is 2.00. The van der Waals surface area contributed by atoms with Gasteiger partial charge in [0.05, 0.1) is 18.3 Å². The Morgan fingerprint density at radius 1 is 1.00 bits per heavy atom. The molecular formula is C19H15BrCl2N2O2. The Bertz CT molecular complexity index is 905. The molecule has 3 rings (SSSR count). The number of rotatable bonds is 6. The first-order chi connectivity index (χ1) is 12.5. The summed E-state index contributed by atoms with van der Waals surface area (Å²) in [6.45, 7) is 0.609. The maximum absolute atomic E-state index is 5.95. The van der Waals surface area contributed by atoms with Crippen molar-refractivity contribution in [2.75, 3.05) is 12.4 Å². The van der Waals surface area contributed by atoms with Crippen LogP contribution in [0, 0.1) is 0 Å². The number of nitrogens with zero attached hydrogens (tertiary/aromatic N) is 1. The molecule has 2 aromatic carbocycles. The van der Waals surface area contributed by atoms with Crippen LogP contribution in [0.2, 0.25) is 10.0 Å². The molecule has 0 saturated carbocycles. The molecule has 0 aliphatic rings. The van der Waals surface area contributed by atoms with Crippen LogP contribution in [0.3, 0.4) is 0 Å². The van der Waals surface area contributed by atoms with Crippen LogP contribution in [0.25, 0.3) is 0 Å². The predicted molar refractivity (Wildman–Crippen MR) is 109 cm³/mol. The third-order valence-corrected chi connectivity index (χ3v) is 4.76. The largest absolute Gasteiger partial charge is 0.493 e. The SMILES string of the molecule is COc1cc(CNc2ccc(Cl)cc2)c(Br)cc1Oc1cncc(Cl)c1. The van der Waals surface area contributed by atoms with Crippen molar-refractivity contribution in [2.45, 2.75) is 6.54 Å². The third-order valence-electron chi connectivity index (χ3n) is 3.57. The third kappa shape index (κ3) is 4.81. The highest BCUT2D eigenvalue weighted by molar-refractivity contribution is 9.10. The maximum atomic E-state index is 5.95. The van der Waals surface area contributed by atoms with Crippen LogP contribution in [0.1, 0.15) is 5.56 Å². The van der Waals surface area contributed by atoms with Crippen LogP contribution in [0.5, 0.6) is 17.2 Å². The molecular weight excluding hydrogens is 439 g/mol. The zero-order valence-electron chi connectivity index (χ0n) is 13.8. The molecule has 1 heterocycles. The van der Waals surface area contributed by atoms with E-state index in [0.29, 0.717) is 33.8 Å². The number of anilines is 1. The molecule has 0 bridgehead atoms. The van der Waals surface area contributed by atoms with E-state index in [9.17, 15) is 0 Å². The van der Waals surface area contributed by atoms with Gasteiger partial charge in [-0.15, -0.1) is 0 Å². The van der Waals surface area contributed by atoms with E-state index in [-0.39, 0.29) is 0 Å². The van der Waals surface area contributed by atoms with Gasteiger partial charge in [0.15, 0.2) is 11.5 Å². The molecule has 0 fully saturated rings. The van der Waals surface area contributed by atoms with E-state index in [1.165, 1.54) is 0 Å². The average molecular weight is 454 g/mol. The molecule has 4 nitrogen and oxygen atoms in total. The van der Waals surface area contributed by atoms with Crippen LogP contribution in [0.15, 0.2) is 59.3 Å². The fourth-order valence-corrected chi connectivity index (χ4v) is 3.04. The van der Waals surface area contributed by atoms with Gasteiger partial charge in [-0.05, 0) is 42.0 Å². The van der Waals surface area contributed by atoms with Gasteiger partial charge in [-0.3, -0.25) is 4.98 Å². The summed E-state index contributed by atoms with van der Waals surface area (Å²) in [6, 6.07) is 13.0. The molecule has 0 spiro atoms. The van der Waals surface area contributed by atoms with E-state index in [0.717, 1.165) is 15.7 Å². The minimum absolute atomic E-state index is 0.504. The minimum Gasteiger partial charge on any atom is -0.493 e. The number of hydrogen-bond acceptors (Lipinski definition) is 4. The van der Waals surface area contributed by atoms with Crippen LogP contribution in [0.4, 0.5) is 5.69 Å². The quantitative estimate of drug-likeness (QED) is 0.458. The Kier molecular flexibility index (Phi) is 6.25. The van der Waals surface area contributed by atoms with E-state index < -0.39 is 0 Å². The highest BCUT2D eigenvalue weighted by Gasteiger charge is 2.12. The molecule has 0 aliphatic heterocycles. The standard InChI is InChI=1S/C19H15BrCl2N2O2/c1-25-18-6-12(9-24-15-4-2-13(21)3-5-15)17(20)8-19(18)26-16-7-14(22)10-23-11-16/h2-8,10-11,24H,9H2,1H3. The molecule has 26 heavy (non-hydrogen) atoms. The van der Waals surface area contributed by atoms with Crippen molar-refractivity contribution in [3.8, 4) is 17.2 Å². The number of benzene rings is 2. The monoisotopic (exact) mass is 452 g/mol. The van der Waals surface area contributed by atoms with Crippen molar-refractivity contribution in [3.05, 3.63) is 74.9 Å². The van der Waals surface area contributed by atoms with Crippen LogP contribution < -0.4 is 14.8 Å². The van der Waals surface area contributed by atoms with Crippen LogP contribution in [-0.2, 0) is 6.54 Å². The Morgan fingerprint density at radius 3 is 2.46 bits per heavy atom. The number of pyridine rings is 1. The molecule has 0 aliphatic carbocycles. The fraction of sp³-hybridized carbons (Fsp3) is 0.105. The molecule has 0 radical (unpaired) electrons. The molecule has 134 valence electrons. The second-order valence-corrected chi connectivity index (χ2v) is 7.12. The van der Waals surface area contributed by atoms with Crippen molar-refractivity contribution in [3.63, 3.8) is 0 Å². The first-order valence-electron chi connectivity index (χ1n) is 7.69. The van der Waals surface area contributed by atoms with Crippen molar-refractivity contribution in [1.82, 2.24) is 4.98 Å². The van der Waals surface area contributed by atoms with Gasteiger partial charge in [0.2, 0.25) is 0 Å². The minimum atomic E-state index is 0.504. The second kappa shape index (κ2) is 8.62. The molecule has 1 aromatic heterocycles. The van der Waals surface area contributed by atoms with Gasteiger partial charge in [-0.2, -0.15) is 0 Å². The van der Waals surface area contributed by atoms with Crippen molar-refractivity contribution >= 4 is 44.8 Å².